The van der Waals surface area contributed by atoms with Crippen LogP contribution in [0.2, 0.25) is 0 Å². The van der Waals surface area contributed by atoms with Crippen molar-refractivity contribution in [3.63, 3.8) is 0 Å². The van der Waals surface area contributed by atoms with Gasteiger partial charge < -0.3 is 0 Å². The lowest BCUT2D eigenvalue weighted by Gasteiger charge is -2.40. The summed E-state index contributed by atoms with van der Waals surface area (Å²) < 4.78 is 0. The monoisotopic (exact) mass is 242 g/mol. The summed E-state index contributed by atoms with van der Waals surface area (Å²) in [5.74, 6) is 1.58. The molecule has 0 unspecified atom stereocenters. The average molecular weight is 242 g/mol. The van der Waals surface area contributed by atoms with Gasteiger partial charge in [0, 0.05) is 0 Å². The van der Waals surface area contributed by atoms with E-state index in [1.165, 1.54) is 6.42 Å². The van der Waals surface area contributed by atoms with Crippen molar-refractivity contribution in [3.05, 3.63) is 11.6 Å². The van der Waals surface area contributed by atoms with Gasteiger partial charge in [-0.15, -0.1) is 0 Å². The number of hydrogen-bond donors (Lipinski definition) is 0. The molecule has 0 aromatic rings. The maximum Gasteiger partial charge on any atom is -0.0205 e. The van der Waals surface area contributed by atoms with Crippen LogP contribution in [0.4, 0.5) is 0 Å². The van der Waals surface area contributed by atoms with Crippen LogP contribution in [0.3, 0.4) is 0 Å². The molecule has 0 amide bonds. The van der Waals surface area contributed by atoms with Crippen LogP contribution >= 0.6 is 0 Å². The van der Waals surface area contributed by atoms with E-state index in [4.69, 9.17) is 0 Å². The molecule has 0 saturated heterocycles. The van der Waals surface area contributed by atoms with Crippen molar-refractivity contribution in [3.8, 4) is 0 Å². The molecule has 0 radical (unpaired) electrons. The zero-order valence-corrected chi connectivity index (χ0v) is 14.4. The third-order valence-electron chi connectivity index (χ3n) is 3.61. The first-order chi connectivity index (χ1) is 7.94. The highest BCUT2D eigenvalue weighted by Gasteiger charge is 2.33. The number of rotatable bonds is 0. The van der Waals surface area contributed by atoms with Crippen LogP contribution in [0, 0.1) is 17.3 Å². The minimum atomic E-state index is 0.500. The van der Waals surface area contributed by atoms with Gasteiger partial charge in [-0.3, -0.25) is 0 Å². The Kier molecular flexibility index (Phi) is 15.8. The summed E-state index contributed by atoms with van der Waals surface area (Å²) in [6.45, 7) is 23.7. The van der Waals surface area contributed by atoms with E-state index in [0.717, 1.165) is 11.8 Å². The summed E-state index contributed by atoms with van der Waals surface area (Å²) in [7, 11) is 0. The van der Waals surface area contributed by atoms with Gasteiger partial charge in [0.2, 0.25) is 0 Å². The first kappa shape index (κ1) is 22.0. The molecule has 0 aromatic carbocycles. The highest BCUT2D eigenvalue weighted by atomic mass is 14.4. The van der Waals surface area contributed by atoms with Crippen LogP contribution in [-0.4, -0.2) is 0 Å². The van der Waals surface area contributed by atoms with Gasteiger partial charge in [0.1, 0.15) is 0 Å². The lowest BCUT2D eigenvalue weighted by Crippen LogP contribution is -2.31. The van der Waals surface area contributed by atoms with E-state index < -0.39 is 0 Å². The Morgan fingerprint density at radius 2 is 1.29 bits per heavy atom. The zero-order chi connectivity index (χ0) is 14.6. The fourth-order valence-corrected chi connectivity index (χ4v) is 1.90. The van der Waals surface area contributed by atoms with Crippen molar-refractivity contribution in [1.29, 1.82) is 0 Å². The van der Waals surface area contributed by atoms with Crippen molar-refractivity contribution >= 4 is 0 Å². The molecular formula is C17H38. The Bertz CT molecular complexity index is 174. The first-order valence-electron chi connectivity index (χ1n) is 7.62. The van der Waals surface area contributed by atoms with Crippen LogP contribution in [-0.2, 0) is 0 Å². The minimum absolute atomic E-state index is 0.500. The average Bonchev–Trinajstić information content (AvgIpc) is 2.34. The third kappa shape index (κ3) is 7.63. The van der Waals surface area contributed by atoms with Gasteiger partial charge in [0.15, 0.2) is 0 Å². The SMILES string of the molecule is CC.CC.CC.CC1=C[C@@H](C)C(C)(C)[C@H](C)C1. The second kappa shape index (κ2) is 12.2. The Hall–Kier alpha value is -0.260. The van der Waals surface area contributed by atoms with Gasteiger partial charge in [0.05, 0.1) is 0 Å². The van der Waals surface area contributed by atoms with Crippen molar-refractivity contribution in [2.75, 3.05) is 0 Å². The molecule has 1 aliphatic carbocycles. The van der Waals surface area contributed by atoms with E-state index in [9.17, 15) is 0 Å². The van der Waals surface area contributed by atoms with Crippen LogP contribution in [0.25, 0.3) is 0 Å². The molecule has 0 aliphatic heterocycles. The predicted molar refractivity (Wildman–Crippen MR) is 84.5 cm³/mol. The van der Waals surface area contributed by atoms with Crippen molar-refractivity contribution in [2.45, 2.75) is 82.6 Å². The smallest absolute Gasteiger partial charge is 0.0205 e. The van der Waals surface area contributed by atoms with Crippen LogP contribution in [0.5, 0.6) is 0 Å². The van der Waals surface area contributed by atoms with Gasteiger partial charge >= 0.3 is 0 Å². The standard InChI is InChI=1S/C11H20.3C2H6/c1-8-6-9(2)11(4,5)10(3)7-8;3*1-2/h6,9-10H,7H2,1-5H3;3*1-2H3/t9-,10-;;;/m1.../s1. The Morgan fingerprint density at radius 1 is 0.941 bits per heavy atom. The quantitative estimate of drug-likeness (QED) is 0.414. The lowest BCUT2D eigenvalue weighted by atomic mass is 9.65. The maximum absolute atomic E-state index is 2.43. The van der Waals surface area contributed by atoms with Gasteiger partial charge in [-0.1, -0.05) is 80.9 Å². The molecule has 0 bridgehead atoms. The number of hydrogen-bond acceptors (Lipinski definition) is 0. The van der Waals surface area contributed by atoms with Gasteiger partial charge in [-0.2, -0.15) is 0 Å². The second-order valence-electron chi connectivity index (χ2n) is 4.73. The van der Waals surface area contributed by atoms with E-state index in [1.807, 2.05) is 41.5 Å². The summed E-state index contributed by atoms with van der Waals surface area (Å²) in [5, 5.41) is 0. The highest BCUT2D eigenvalue weighted by Crippen LogP contribution is 2.43. The fraction of sp³-hybridized carbons (Fsp3) is 0.882. The summed E-state index contributed by atoms with van der Waals surface area (Å²) in [5.41, 5.74) is 2.07. The minimum Gasteiger partial charge on any atom is -0.0822 e. The molecule has 0 saturated carbocycles. The Morgan fingerprint density at radius 3 is 1.59 bits per heavy atom. The normalized spacial score (nSPS) is 24.8. The molecule has 0 fully saturated rings. The second-order valence-corrected chi connectivity index (χ2v) is 4.73. The maximum atomic E-state index is 2.43. The van der Waals surface area contributed by atoms with E-state index in [0.29, 0.717) is 5.41 Å². The van der Waals surface area contributed by atoms with Crippen molar-refractivity contribution in [1.82, 2.24) is 0 Å². The van der Waals surface area contributed by atoms with Crippen molar-refractivity contribution in [2.24, 2.45) is 17.3 Å². The topological polar surface area (TPSA) is 0 Å². The van der Waals surface area contributed by atoms with Crippen LogP contribution in [0.1, 0.15) is 82.6 Å². The molecule has 1 rings (SSSR count). The summed E-state index contributed by atoms with van der Waals surface area (Å²) in [6.07, 6.45) is 3.72. The first-order valence-corrected chi connectivity index (χ1v) is 7.62. The third-order valence-corrected chi connectivity index (χ3v) is 3.61. The van der Waals surface area contributed by atoms with Gasteiger partial charge in [0.25, 0.3) is 0 Å². The molecule has 0 spiro atoms. The Labute approximate surface area is 112 Å². The molecule has 106 valence electrons. The zero-order valence-electron chi connectivity index (χ0n) is 14.4. The molecule has 17 heavy (non-hydrogen) atoms. The summed E-state index contributed by atoms with van der Waals surface area (Å²) in [6, 6.07) is 0. The molecule has 0 heterocycles. The summed E-state index contributed by atoms with van der Waals surface area (Å²) >= 11 is 0. The molecule has 0 heteroatoms. The highest BCUT2D eigenvalue weighted by molar-refractivity contribution is 5.10. The van der Waals surface area contributed by atoms with Gasteiger partial charge in [-0.25, -0.2) is 0 Å². The lowest BCUT2D eigenvalue weighted by molar-refractivity contribution is 0.155. The molecule has 0 aromatic heterocycles. The van der Waals surface area contributed by atoms with E-state index in [1.54, 1.807) is 5.57 Å². The molecule has 2 atom stereocenters. The van der Waals surface area contributed by atoms with E-state index in [-0.39, 0.29) is 0 Å². The molecule has 0 N–H and O–H groups in total. The molecule has 1 aliphatic rings. The van der Waals surface area contributed by atoms with E-state index >= 15 is 0 Å². The summed E-state index contributed by atoms with van der Waals surface area (Å²) in [4.78, 5) is 0. The van der Waals surface area contributed by atoms with E-state index in [2.05, 4.69) is 40.7 Å². The van der Waals surface area contributed by atoms with Crippen LogP contribution < -0.4 is 0 Å². The van der Waals surface area contributed by atoms with Crippen LogP contribution in [0.15, 0.2) is 11.6 Å². The predicted octanol–water partition coefficient (Wildman–Crippen LogP) is 6.71. The van der Waals surface area contributed by atoms with Crippen molar-refractivity contribution < 1.29 is 0 Å². The number of allylic oxidation sites excluding steroid dienone is 2. The largest absolute Gasteiger partial charge is 0.0822 e. The molecular weight excluding hydrogens is 204 g/mol. The molecule has 0 nitrogen and oxygen atoms in total. The van der Waals surface area contributed by atoms with Gasteiger partial charge in [-0.05, 0) is 30.6 Å². The fourth-order valence-electron chi connectivity index (χ4n) is 1.90. The Balaban J connectivity index is -0.000000285.